The molecule has 5 heteroatoms. The molecule has 0 bridgehead atoms. The molecule has 0 saturated carbocycles. The van der Waals surface area contributed by atoms with Crippen LogP contribution >= 0.6 is 0 Å². The zero-order valence-electron chi connectivity index (χ0n) is 8.87. The van der Waals surface area contributed by atoms with Crippen LogP contribution in [0.1, 0.15) is 16.7 Å². The maximum Gasteiger partial charge on any atom is 0.762 e. The Morgan fingerprint density at radius 2 is 1.29 bits per heavy atom. The van der Waals surface area contributed by atoms with Crippen molar-refractivity contribution in [2.75, 3.05) is 0 Å². The smallest absolute Gasteiger partial charge is 0.254 e. The van der Waals surface area contributed by atoms with Crippen LogP contribution in [-0.4, -0.2) is 56.5 Å². The van der Waals surface area contributed by atoms with E-state index in [-0.39, 0.29) is 0 Å². The van der Waals surface area contributed by atoms with Gasteiger partial charge in [-0.15, -0.1) is 0 Å². The van der Waals surface area contributed by atoms with Gasteiger partial charge in [-0.05, 0) is 0 Å². The molecule has 0 atom stereocenters. The Kier molecular flexibility index (Phi) is 7.42. The molecule has 0 spiro atoms. The van der Waals surface area contributed by atoms with E-state index in [1.165, 1.54) is 16.7 Å². The summed E-state index contributed by atoms with van der Waals surface area (Å²) in [6, 6.07) is 4.54. The molecule has 0 nitrogen and oxygen atoms in total. The topological polar surface area (TPSA) is 0 Å². The Morgan fingerprint density at radius 3 is 1.57 bits per heavy atom. The molecule has 0 unspecified atom stereocenters. The van der Waals surface area contributed by atoms with Crippen molar-refractivity contribution < 1.29 is 12.9 Å². The molecule has 0 heterocycles. The molecular weight excluding hydrogens is 215 g/mol. The number of rotatable bonds is 0. The van der Waals surface area contributed by atoms with Gasteiger partial charge < -0.3 is 0 Å². The number of aryl methyl sites for hydroxylation is 3. The van der Waals surface area contributed by atoms with E-state index in [9.17, 15) is 12.9 Å². The van der Waals surface area contributed by atoms with E-state index in [1.54, 1.807) is -0.342 Å². The minimum Gasteiger partial charge on any atom is -0.254 e. The van der Waals surface area contributed by atoms with E-state index in [1.807, 2.05) is 0 Å². The standard InChI is InChI=1S/C9H11.BF3.K/c1-7-4-8(2)6-9(3)5-7;2-1(3)4;/h4-5H,1-3H3;;. The van der Waals surface area contributed by atoms with E-state index >= 15 is 0 Å². The van der Waals surface area contributed by atoms with Crippen molar-refractivity contribution in [2.24, 2.45) is 0 Å². The van der Waals surface area contributed by atoms with Crippen LogP contribution in [0.3, 0.4) is 0 Å². The van der Waals surface area contributed by atoms with Crippen LogP contribution in [0.25, 0.3) is 0 Å². The van der Waals surface area contributed by atoms with Crippen LogP contribution in [0.5, 0.6) is 0 Å². The fraction of sp³-hybridized carbons (Fsp3) is 0.333. The monoisotopic (exact) mass is 226 g/mol. The Bertz CT molecular complexity index is 276. The van der Waals surface area contributed by atoms with Gasteiger partial charge in [-0.3, -0.25) is 12.9 Å². The molecule has 0 N–H and O–H groups in total. The molecule has 72 valence electrons. The van der Waals surface area contributed by atoms with Gasteiger partial charge in [-0.25, -0.2) is 0 Å². The maximum atomic E-state index is 9.67. The van der Waals surface area contributed by atoms with Gasteiger partial charge in [0.05, 0.1) is 0 Å². The predicted molar refractivity (Wildman–Crippen MR) is 55.1 cm³/mol. The first-order chi connectivity index (χ1) is 6.34. The number of hydrogen-bond acceptors (Lipinski definition) is 0. The van der Waals surface area contributed by atoms with Gasteiger partial charge in [-0.2, -0.15) is 0 Å². The Labute approximate surface area is 117 Å². The SMILES string of the molecule is Cc1cc(C)[c]([K])c(C)c1.FB(F)F. The van der Waals surface area contributed by atoms with Gasteiger partial charge in [0, 0.05) is 0 Å². The van der Waals surface area contributed by atoms with E-state index in [0.29, 0.717) is 0 Å². The van der Waals surface area contributed by atoms with Gasteiger partial charge in [-0.1, -0.05) is 0 Å². The summed E-state index contributed by atoms with van der Waals surface area (Å²) >= 11 is 0.828. The average molecular weight is 226 g/mol. The molecule has 0 saturated heterocycles. The summed E-state index contributed by atoms with van der Waals surface area (Å²) in [5.74, 6) is 0. The molecule has 0 radical (unpaired) electrons. The third kappa shape index (κ3) is 6.24. The second-order valence-corrected chi connectivity index (χ2v) is 4.83. The summed E-state index contributed by atoms with van der Waals surface area (Å²) in [5.41, 5.74) is 4.36. The van der Waals surface area contributed by atoms with Crippen LogP contribution in [-0.2, 0) is 0 Å². The third-order valence-electron chi connectivity index (χ3n) is 2.07. The molecule has 0 amide bonds. The van der Waals surface area contributed by atoms with Crippen molar-refractivity contribution in [3.63, 3.8) is 0 Å². The minimum absolute atomic E-state index is 0.828. The number of benzene rings is 1. The zero-order chi connectivity index (χ0) is 11.3. The second kappa shape index (κ2) is 7.06. The molecule has 1 aromatic carbocycles. The van der Waals surface area contributed by atoms with Crippen LogP contribution in [0.2, 0.25) is 0 Å². The van der Waals surface area contributed by atoms with Crippen LogP contribution in [0.15, 0.2) is 12.1 Å². The van der Waals surface area contributed by atoms with Gasteiger partial charge in [0.25, 0.3) is 0 Å². The van der Waals surface area contributed by atoms with E-state index in [4.69, 9.17) is 0 Å². The fourth-order valence-electron chi connectivity index (χ4n) is 1.25. The molecule has 0 aliphatic rings. The molecule has 14 heavy (non-hydrogen) atoms. The van der Waals surface area contributed by atoms with Crippen molar-refractivity contribution in [2.45, 2.75) is 20.8 Å². The summed E-state index contributed by atoms with van der Waals surface area (Å²) in [7, 11) is -3.67. The van der Waals surface area contributed by atoms with E-state index in [0.717, 1.165) is 49.0 Å². The fourth-order valence-corrected chi connectivity index (χ4v) is 1.70. The Balaban J connectivity index is 0.000000364. The number of halogens is 3. The molecule has 1 aromatic rings. The van der Waals surface area contributed by atoms with E-state index in [2.05, 4.69) is 32.9 Å². The van der Waals surface area contributed by atoms with Crippen LogP contribution in [0, 0.1) is 20.8 Å². The first kappa shape index (κ1) is 14.7. The zero-order valence-corrected chi connectivity index (χ0v) is 12.0. The van der Waals surface area contributed by atoms with Crippen molar-refractivity contribution in [3.8, 4) is 0 Å². The molecule has 0 aromatic heterocycles. The van der Waals surface area contributed by atoms with Gasteiger partial charge in [0.1, 0.15) is 0 Å². The molecule has 0 fully saturated rings. The van der Waals surface area contributed by atoms with Gasteiger partial charge >= 0.3 is 106 Å². The van der Waals surface area contributed by atoms with Crippen molar-refractivity contribution in [1.29, 1.82) is 0 Å². The summed E-state index contributed by atoms with van der Waals surface area (Å²) in [6.07, 6.45) is 0. The van der Waals surface area contributed by atoms with Gasteiger partial charge in [0.15, 0.2) is 0 Å². The Hall–Kier alpha value is 0.711. The van der Waals surface area contributed by atoms with Crippen molar-refractivity contribution in [3.05, 3.63) is 28.8 Å². The van der Waals surface area contributed by atoms with Crippen molar-refractivity contribution in [1.82, 2.24) is 0 Å². The molecule has 0 aliphatic carbocycles. The van der Waals surface area contributed by atoms with Crippen molar-refractivity contribution >= 4 is 56.2 Å². The largest absolute Gasteiger partial charge is 0.762 e. The van der Waals surface area contributed by atoms with Crippen LogP contribution < -0.4 is -0.342 Å². The summed E-state index contributed by atoms with van der Waals surface area (Å²) < 4.78 is 30.6. The quantitative estimate of drug-likeness (QED) is 0.595. The number of hydrogen-bond donors (Lipinski definition) is 0. The first-order valence-electron chi connectivity index (χ1n) is 4.31. The minimum atomic E-state index is -3.67. The summed E-state index contributed by atoms with van der Waals surface area (Å²) in [6.45, 7) is 6.58. The molecule has 1 rings (SSSR count). The van der Waals surface area contributed by atoms with E-state index < -0.39 is 7.54 Å². The summed E-state index contributed by atoms with van der Waals surface area (Å²) in [4.78, 5) is 0. The molecule has 0 aliphatic heterocycles. The maximum absolute atomic E-state index is 9.67. The van der Waals surface area contributed by atoms with Gasteiger partial charge in [0.2, 0.25) is 0 Å². The third-order valence-corrected chi connectivity index (χ3v) is 4.53. The molecular formula is C9H11BF3K. The predicted octanol–water partition coefficient (Wildman–Crippen LogP) is 2.29. The second-order valence-electron chi connectivity index (χ2n) is 3.27. The normalized spacial score (nSPS) is 9.14. The Morgan fingerprint density at radius 1 is 1.00 bits per heavy atom. The first-order valence-corrected chi connectivity index (χ1v) is 5.87. The average Bonchev–Trinajstić information content (AvgIpc) is 1.98. The van der Waals surface area contributed by atoms with Crippen LogP contribution in [0.4, 0.5) is 12.9 Å². The summed E-state index contributed by atoms with van der Waals surface area (Å²) in [5, 5.41) is 0.